The highest BCUT2D eigenvalue weighted by atomic mass is 16.5. The van der Waals surface area contributed by atoms with Crippen LogP contribution in [0.2, 0.25) is 0 Å². The molecule has 0 spiro atoms. The Hall–Kier alpha value is -4.19. The van der Waals surface area contributed by atoms with Crippen LogP contribution in [-0.2, 0) is 10.3 Å². The van der Waals surface area contributed by atoms with E-state index in [1.54, 1.807) is 18.3 Å². The van der Waals surface area contributed by atoms with Crippen molar-refractivity contribution in [3.05, 3.63) is 55.2 Å². The number of aromatic amines is 1. The van der Waals surface area contributed by atoms with Gasteiger partial charge < -0.3 is 14.6 Å². The van der Waals surface area contributed by atoms with Gasteiger partial charge in [0.15, 0.2) is 0 Å². The molecule has 148 valence electrons. The Morgan fingerprint density at radius 2 is 2.07 bits per heavy atom. The van der Waals surface area contributed by atoms with Crippen molar-refractivity contribution in [2.75, 3.05) is 18.0 Å². The van der Waals surface area contributed by atoms with Crippen LogP contribution in [0.15, 0.2) is 55.2 Å². The Morgan fingerprint density at radius 1 is 1.23 bits per heavy atom. The zero-order valence-corrected chi connectivity index (χ0v) is 15.9. The molecule has 0 saturated carbocycles. The van der Waals surface area contributed by atoms with Gasteiger partial charge in [0.25, 0.3) is 6.47 Å². The van der Waals surface area contributed by atoms with Crippen molar-refractivity contribution in [2.24, 2.45) is 0 Å². The number of benzene rings is 1. The summed E-state index contributed by atoms with van der Waals surface area (Å²) >= 11 is 0. The van der Waals surface area contributed by atoms with Gasteiger partial charge in [-0.1, -0.05) is 0 Å². The molecule has 0 aliphatic carbocycles. The average molecular weight is 399 g/mol. The molecule has 4 aromatic rings. The van der Waals surface area contributed by atoms with Gasteiger partial charge in [-0.05, 0) is 30.3 Å². The maximum atomic E-state index is 10.5. The van der Waals surface area contributed by atoms with Gasteiger partial charge in [0.05, 0.1) is 24.4 Å². The van der Waals surface area contributed by atoms with E-state index < -0.39 is 5.54 Å². The van der Waals surface area contributed by atoms with Gasteiger partial charge in [-0.2, -0.15) is 10.4 Å². The number of ether oxygens (including phenoxy) is 1. The number of rotatable bonds is 6. The van der Waals surface area contributed by atoms with Crippen LogP contribution in [0.5, 0.6) is 5.75 Å². The van der Waals surface area contributed by atoms with Crippen molar-refractivity contribution in [3.63, 3.8) is 0 Å². The maximum absolute atomic E-state index is 10.5. The molecule has 0 amide bonds. The lowest BCUT2D eigenvalue weighted by molar-refractivity contribution is -0.120. The van der Waals surface area contributed by atoms with Crippen LogP contribution in [0.1, 0.15) is 6.42 Å². The molecular weight excluding hydrogens is 382 g/mol. The Bertz CT molecular complexity index is 1250. The molecule has 0 atom stereocenters. The molecule has 1 aromatic carbocycles. The number of anilines is 1. The van der Waals surface area contributed by atoms with Crippen molar-refractivity contribution < 1.29 is 9.53 Å². The van der Waals surface area contributed by atoms with E-state index in [1.165, 1.54) is 6.33 Å². The van der Waals surface area contributed by atoms with Gasteiger partial charge in [0.2, 0.25) is 0 Å². The molecule has 9 heteroatoms. The van der Waals surface area contributed by atoms with Crippen LogP contribution in [0.4, 0.5) is 5.69 Å². The lowest BCUT2D eigenvalue weighted by atomic mass is 9.86. The van der Waals surface area contributed by atoms with Crippen LogP contribution < -0.4 is 9.64 Å². The summed E-state index contributed by atoms with van der Waals surface area (Å²) in [5.41, 5.74) is 3.06. The zero-order chi connectivity index (χ0) is 20.6. The molecule has 9 nitrogen and oxygen atoms in total. The number of carbonyl (C=O) groups is 1. The fraction of sp³-hybridized carbons (Fsp3) is 0.190. The summed E-state index contributed by atoms with van der Waals surface area (Å²) in [4.78, 5) is 24.4. The van der Waals surface area contributed by atoms with Gasteiger partial charge in [-0.15, -0.1) is 0 Å². The highest BCUT2D eigenvalue weighted by Crippen LogP contribution is 2.37. The average Bonchev–Trinajstić information content (AvgIpc) is 3.41. The summed E-state index contributed by atoms with van der Waals surface area (Å²) in [6, 6.07) is 11.5. The van der Waals surface area contributed by atoms with Crippen LogP contribution in [-0.4, -0.2) is 44.3 Å². The fourth-order valence-corrected chi connectivity index (χ4v) is 3.93. The number of H-pyrrole nitrogens is 1. The number of fused-ring (bicyclic) bond motifs is 1. The number of carbonyl (C=O) groups excluding carboxylic acids is 1. The molecule has 1 saturated heterocycles. The van der Waals surface area contributed by atoms with Crippen molar-refractivity contribution >= 4 is 23.2 Å². The first-order valence-corrected chi connectivity index (χ1v) is 9.38. The van der Waals surface area contributed by atoms with Crippen LogP contribution in [0, 0.1) is 11.3 Å². The second kappa shape index (κ2) is 7.00. The second-order valence-corrected chi connectivity index (χ2v) is 7.26. The van der Waals surface area contributed by atoms with Gasteiger partial charge in [0, 0.05) is 42.1 Å². The van der Waals surface area contributed by atoms with Crippen molar-refractivity contribution in [1.82, 2.24) is 24.7 Å². The summed E-state index contributed by atoms with van der Waals surface area (Å²) in [5.74, 6) is 0.496. The predicted molar refractivity (Wildman–Crippen MR) is 109 cm³/mol. The number of hydrogen-bond donors (Lipinski definition) is 1. The first-order chi connectivity index (χ1) is 14.7. The predicted octanol–water partition coefficient (Wildman–Crippen LogP) is 2.49. The van der Waals surface area contributed by atoms with Gasteiger partial charge in [-0.25, -0.2) is 9.97 Å². The Kier molecular flexibility index (Phi) is 4.17. The standard InChI is InChI=1S/C21H17N7O2/c22-7-6-21(11-27(12-21)16-1-3-17(4-2-16)30-14-29)28-10-15(9-26-28)19-18-5-8-23-20(18)25-13-24-19/h1-5,8-10,13-14H,6,11-12H2,(H,23,24,25). The molecule has 5 rings (SSSR count). The molecular formula is C21H17N7O2. The van der Waals surface area contributed by atoms with E-state index in [2.05, 4.69) is 31.0 Å². The first kappa shape index (κ1) is 17.9. The summed E-state index contributed by atoms with van der Waals surface area (Å²) in [6.07, 6.45) is 7.44. The number of nitrogens with one attached hydrogen (secondary N) is 1. The summed E-state index contributed by atoms with van der Waals surface area (Å²) < 4.78 is 6.72. The molecule has 1 aliphatic heterocycles. The number of aromatic nitrogens is 5. The Balaban J connectivity index is 1.41. The van der Waals surface area contributed by atoms with E-state index in [0.29, 0.717) is 31.7 Å². The molecule has 1 fully saturated rings. The Morgan fingerprint density at radius 3 is 2.83 bits per heavy atom. The van der Waals surface area contributed by atoms with E-state index in [4.69, 9.17) is 4.74 Å². The minimum Gasteiger partial charge on any atom is -0.429 e. The monoisotopic (exact) mass is 399 g/mol. The van der Waals surface area contributed by atoms with Crippen molar-refractivity contribution in [1.29, 1.82) is 5.26 Å². The molecule has 1 N–H and O–H groups in total. The lowest BCUT2D eigenvalue weighted by Crippen LogP contribution is -2.63. The SMILES string of the molecule is N#CCC1(n2cc(-c3ncnc4[nH]ccc34)cn2)CN(c2ccc(OC=O)cc2)C1. The maximum Gasteiger partial charge on any atom is 0.298 e. The minimum atomic E-state index is -0.407. The third kappa shape index (κ3) is 2.86. The largest absolute Gasteiger partial charge is 0.429 e. The van der Waals surface area contributed by atoms with Crippen LogP contribution >= 0.6 is 0 Å². The molecule has 3 aromatic heterocycles. The molecule has 0 radical (unpaired) electrons. The van der Waals surface area contributed by atoms with Crippen molar-refractivity contribution in [3.8, 4) is 23.1 Å². The van der Waals surface area contributed by atoms with E-state index >= 15 is 0 Å². The summed E-state index contributed by atoms with van der Waals surface area (Å²) in [5, 5.41) is 14.9. The topological polar surface area (TPSA) is 113 Å². The van der Waals surface area contributed by atoms with Gasteiger partial charge >= 0.3 is 0 Å². The zero-order valence-electron chi connectivity index (χ0n) is 15.9. The van der Waals surface area contributed by atoms with E-state index in [-0.39, 0.29) is 0 Å². The molecule has 0 unspecified atom stereocenters. The third-order valence-corrected chi connectivity index (χ3v) is 5.46. The smallest absolute Gasteiger partial charge is 0.298 e. The van der Waals surface area contributed by atoms with Crippen LogP contribution in [0.25, 0.3) is 22.3 Å². The highest BCUT2D eigenvalue weighted by Gasteiger charge is 2.45. The third-order valence-electron chi connectivity index (χ3n) is 5.46. The van der Waals surface area contributed by atoms with E-state index in [9.17, 15) is 10.1 Å². The highest BCUT2D eigenvalue weighted by molar-refractivity contribution is 5.90. The number of nitrogens with zero attached hydrogens (tertiary/aromatic N) is 6. The van der Waals surface area contributed by atoms with E-state index in [1.807, 2.05) is 35.3 Å². The number of nitriles is 1. The number of hydrogen-bond acceptors (Lipinski definition) is 7. The summed E-state index contributed by atoms with van der Waals surface area (Å²) in [7, 11) is 0. The quantitative estimate of drug-likeness (QED) is 0.496. The minimum absolute atomic E-state index is 0.348. The molecule has 30 heavy (non-hydrogen) atoms. The summed E-state index contributed by atoms with van der Waals surface area (Å²) in [6.45, 7) is 1.71. The van der Waals surface area contributed by atoms with Crippen LogP contribution in [0.3, 0.4) is 0 Å². The van der Waals surface area contributed by atoms with Gasteiger partial charge in [-0.3, -0.25) is 9.48 Å². The molecule has 0 bridgehead atoms. The molecule has 4 heterocycles. The fourth-order valence-electron chi connectivity index (χ4n) is 3.93. The first-order valence-electron chi connectivity index (χ1n) is 9.38. The normalized spacial score (nSPS) is 14.8. The van der Waals surface area contributed by atoms with Gasteiger partial charge in [0.1, 0.15) is 23.3 Å². The Labute approximate surface area is 171 Å². The van der Waals surface area contributed by atoms with Crippen molar-refractivity contribution in [2.45, 2.75) is 12.0 Å². The lowest BCUT2D eigenvalue weighted by Gasteiger charge is -2.50. The second-order valence-electron chi connectivity index (χ2n) is 7.26. The molecule has 1 aliphatic rings. The van der Waals surface area contributed by atoms with E-state index in [0.717, 1.165) is 28.0 Å².